The number of furan rings is 1. The van der Waals surface area contributed by atoms with Crippen molar-refractivity contribution in [2.24, 2.45) is 7.05 Å². The average molecular weight is 459 g/mol. The number of nitrogens with zero attached hydrogens (tertiary/aromatic N) is 4. The highest BCUT2D eigenvalue weighted by Gasteiger charge is 2.26. The summed E-state index contributed by atoms with van der Waals surface area (Å²) in [4.78, 5) is 32.4. The highest BCUT2D eigenvalue weighted by molar-refractivity contribution is 6.07. The molecule has 2 N–H and O–H groups in total. The Kier molecular flexibility index (Phi) is 5.75. The van der Waals surface area contributed by atoms with Gasteiger partial charge in [0.2, 0.25) is 0 Å². The van der Waals surface area contributed by atoms with E-state index in [-0.39, 0.29) is 18.0 Å². The molecular weight excluding hydrogens is 432 g/mol. The number of urea groups is 1. The molecule has 1 aliphatic heterocycles. The minimum atomic E-state index is -0.177. The molecule has 1 fully saturated rings. The number of carbonyl (C=O) groups is 2. The number of nitrogens with one attached hydrogen (secondary N) is 2. The Balaban J connectivity index is 1.29. The number of rotatable bonds is 4. The van der Waals surface area contributed by atoms with E-state index in [1.165, 1.54) is 0 Å². The van der Waals surface area contributed by atoms with Gasteiger partial charge in [-0.15, -0.1) is 0 Å². The molecule has 4 aromatic rings. The summed E-state index contributed by atoms with van der Waals surface area (Å²) in [6.07, 6.45) is 2.94. The maximum absolute atomic E-state index is 13.4. The average Bonchev–Trinajstić information content (AvgIpc) is 3.48. The quantitative estimate of drug-likeness (QED) is 0.482. The molecule has 0 spiro atoms. The van der Waals surface area contributed by atoms with Crippen molar-refractivity contribution in [3.63, 3.8) is 0 Å². The van der Waals surface area contributed by atoms with E-state index in [4.69, 9.17) is 4.42 Å². The summed E-state index contributed by atoms with van der Waals surface area (Å²) in [6.45, 7) is 3.01. The summed E-state index contributed by atoms with van der Waals surface area (Å²) in [6, 6.07) is 14.6. The van der Waals surface area contributed by atoms with Crippen molar-refractivity contribution in [1.82, 2.24) is 25.0 Å². The molecule has 9 nitrogen and oxygen atoms in total. The molecule has 0 saturated carbocycles. The van der Waals surface area contributed by atoms with E-state index >= 15 is 0 Å². The van der Waals surface area contributed by atoms with Crippen LogP contribution >= 0.6 is 0 Å². The van der Waals surface area contributed by atoms with Crippen LogP contribution in [0.5, 0.6) is 0 Å². The fourth-order valence-corrected chi connectivity index (χ4v) is 4.39. The number of amides is 3. The monoisotopic (exact) mass is 458 g/mol. The first-order chi connectivity index (χ1) is 16.5. The predicted octanol–water partition coefficient (Wildman–Crippen LogP) is 3.96. The maximum Gasteiger partial charge on any atom is 0.321 e. The zero-order valence-corrected chi connectivity index (χ0v) is 19.1. The van der Waals surface area contributed by atoms with E-state index in [2.05, 4.69) is 20.7 Å². The number of benzene rings is 1. The topological polar surface area (TPSA) is 105 Å². The number of carbonyl (C=O) groups excluding carboxylic acids is 2. The Labute approximate surface area is 196 Å². The van der Waals surface area contributed by atoms with Crippen LogP contribution in [0.2, 0.25) is 0 Å². The lowest BCUT2D eigenvalue weighted by molar-refractivity contribution is 0.0921. The van der Waals surface area contributed by atoms with E-state index in [1.54, 1.807) is 28.0 Å². The number of hydrogen-bond donors (Lipinski definition) is 2. The Morgan fingerprint density at radius 2 is 1.85 bits per heavy atom. The molecule has 3 aromatic heterocycles. The number of pyridine rings is 1. The Hall–Kier alpha value is -4.14. The highest BCUT2D eigenvalue weighted by Crippen LogP contribution is 2.27. The fourth-order valence-electron chi connectivity index (χ4n) is 4.39. The van der Waals surface area contributed by atoms with Crippen LogP contribution in [0.25, 0.3) is 22.5 Å². The van der Waals surface area contributed by atoms with Gasteiger partial charge in [0.1, 0.15) is 5.69 Å². The largest absolute Gasteiger partial charge is 0.463 e. The first-order valence-corrected chi connectivity index (χ1v) is 11.3. The predicted molar refractivity (Wildman–Crippen MR) is 128 cm³/mol. The van der Waals surface area contributed by atoms with Crippen LogP contribution in [0.4, 0.5) is 10.5 Å². The molecule has 4 heterocycles. The summed E-state index contributed by atoms with van der Waals surface area (Å²) >= 11 is 0. The van der Waals surface area contributed by atoms with Gasteiger partial charge in [-0.2, -0.15) is 5.10 Å². The SMILES string of the molecule is Cc1nn(C)c2nc(-c3ccco3)cc(C(=O)NC3CCN(C(=O)Nc4ccccc4)CC3)c12. The van der Waals surface area contributed by atoms with Gasteiger partial charge in [-0.05, 0) is 50.1 Å². The lowest BCUT2D eigenvalue weighted by atomic mass is 10.0. The molecule has 34 heavy (non-hydrogen) atoms. The van der Waals surface area contributed by atoms with Crippen molar-refractivity contribution in [3.05, 3.63) is 66.1 Å². The standard InChI is InChI=1S/C25H26N6O3/c1-16-22-19(15-20(21-9-6-14-34-21)28-23(22)30(2)29-16)24(32)26-18-10-12-31(13-11-18)25(33)27-17-7-4-3-5-8-17/h3-9,14-15,18H,10-13H2,1-2H3,(H,26,32)(H,27,33). The lowest BCUT2D eigenvalue weighted by Crippen LogP contribution is -2.47. The molecule has 0 aliphatic carbocycles. The maximum atomic E-state index is 13.4. The Morgan fingerprint density at radius 1 is 1.09 bits per heavy atom. The van der Waals surface area contributed by atoms with E-state index in [0.29, 0.717) is 48.6 Å². The molecule has 9 heteroatoms. The van der Waals surface area contributed by atoms with E-state index in [1.807, 2.05) is 50.4 Å². The molecular formula is C25H26N6O3. The highest BCUT2D eigenvalue weighted by atomic mass is 16.3. The van der Waals surface area contributed by atoms with Gasteiger partial charge in [-0.3, -0.25) is 9.48 Å². The first-order valence-electron chi connectivity index (χ1n) is 11.3. The summed E-state index contributed by atoms with van der Waals surface area (Å²) in [5.74, 6) is 0.413. The zero-order chi connectivity index (χ0) is 23.7. The van der Waals surface area contributed by atoms with Gasteiger partial charge < -0.3 is 20.0 Å². The number of fused-ring (bicyclic) bond motifs is 1. The van der Waals surface area contributed by atoms with Gasteiger partial charge in [0.05, 0.1) is 22.9 Å². The second kappa shape index (κ2) is 9.01. The number of likely N-dealkylation sites (tertiary alicyclic amines) is 1. The van der Waals surface area contributed by atoms with Crippen molar-refractivity contribution < 1.29 is 14.0 Å². The third-order valence-electron chi connectivity index (χ3n) is 6.13. The lowest BCUT2D eigenvalue weighted by Gasteiger charge is -2.32. The molecule has 1 aromatic carbocycles. The number of para-hydroxylation sites is 1. The van der Waals surface area contributed by atoms with Crippen LogP contribution in [0.1, 0.15) is 28.9 Å². The molecule has 5 rings (SSSR count). The molecule has 0 unspecified atom stereocenters. The van der Waals surface area contributed by atoms with Crippen LogP contribution in [0.3, 0.4) is 0 Å². The zero-order valence-electron chi connectivity index (χ0n) is 19.1. The third-order valence-corrected chi connectivity index (χ3v) is 6.13. The van der Waals surface area contributed by atoms with Gasteiger partial charge in [-0.1, -0.05) is 18.2 Å². The van der Waals surface area contributed by atoms with E-state index < -0.39 is 0 Å². The smallest absolute Gasteiger partial charge is 0.321 e. The molecule has 0 radical (unpaired) electrons. The first kappa shape index (κ1) is 21.7. The van der Waals surface area contributed by atoms with Crippen molar-refractivity contribution in [3.8, 4) is 11.5 Å². The van der Waals surface area contributed by atoms with Crippen molar-refractivity contribution in [2.45, 2.75) is 25.8 Å². The van der Waals surface area contributed by atoms with Crippen molar-refractivity contribution in [2.75, 3.05) is 18.4 Å². The molecule has 174 valence electrons. The number of aromatic nitrogens is 3. The second-order valence-electron chi connectivity index (χ2n) is 8.47. The normalized spacial score (nSPS) is 14.4. The fraction of sp³-hybridized carbons (Fsp3) is 0.280. The van der Waals surface area contributed by atoms with Crippen LogP contribution in [-0.4, -0.2) is 50.7 Å². The number of aryl methyl sites for hydroxylation is 2. The van der Waals surface area contributed by atoms with Gasteiger partial charge in [0.25, 0.3) is 5.91 Å². The number of hydrogen-bond acceptors (Lipinski definition) is 5. The summed E-state index contributed by atoms with van der Waals surface area (Å²) < 4.78 is 7.19. The second-order valence-corrected chi connectivity index (χ2v) is 8.47. The van der Waals surface area contributed by atoms with E-state index in [9.17, 15) is 9.59 Å². The number of anilines is 1. The summed E-state index contributed by atoms with van der Waals surface area (Å²) in [7, 11) is 1.81. The van der Waals surface area contributed by atoms with Gasteiger partial charge in [-0.25, -0.2) is 9.78 Å². The summed E-state index contributed by atoms with van der Waals surface area (Å²) in [5.41, 5.74) is 3.24. The van der Waals surface area contributed by atoms with Crippen molar-refractivity contribution >= 4 is 28.7 Å². The molecule has 0 atom stereocenters. The van der Waals surface area contributed by atoms with Gasteiger partial charge in [0.15, 0.2) is 11.4 Å². The minimum absolute atomic E-state index is 0.0273. The van der Waals surface area contributed by atoms with Crippen LogP contribution in [0, 0.1) is 6.92 Å². The molecule has 1 saturated heterocycles. The molecule has 3 amide bonds. The van der Waals surface area contributed by atoms with Crippen LogP contribution in [0.15, 0.2) is 59.2 Å². The summed E-state index contributed by atoms with van der Waals surface area (Å²) in [5, 5.41) is 11.3. The molecule has 0 bridgehead atoms. The Morgan fingerprint density at radius 3 is 2.56 bits per heavy atom. The minimum Gasteiger partial charge on any atom is -0.463 e. The number of piperidine rings is 1. The van der Waals surface area contributed by atoms with Gasteiger partial charge in [0, 0.05) is 31.9 Å². The Bertz CT molecular complexity index is 1320. The van der Waals surface area contributed by atoms with Crippen LogP contribution in [-0.2, 0) is 7.05 Å². The van der Waals surface area contributed by atoms with Gasteiger partial charge >= 0.3 is 6.03 Å². The molecule has 1 aliphatic rings. The third kappa shape index (κ3) is 4.24. The van der Waals surface area contributed by atoms with E-state index in [0.717, 1.165) is 16.8 Å². The van der Waals surface area contributed by atoms with Crippen molar-refractivity contribution in [1.29, 1.82) is 0 Å². The van der Waals surface area contributed by atoms with Crippen LogP contribution < -0.4 is 10.6 Å².